The number of halogens is 1. The van der Waals surface area contributed by atoms with Gasteiger partial charge in [0, 0.05) is 11.1 Å². The second-order valence-electron chi connectivity index (χ2n) is 9.92. The summed E-state index contributed by atoms with van der Waals surface area (Å²) < 4.78 is 0. The molecule has 0 unspecified atom stereocenters. The quantitative estimate of drug-likeness (QED) is 0.216. The number of hydrogen-bond donors (Lipinski definition) is 0. The Morgan fingerprint density at radius 2 is 0.732 bits per heavy atom. The molecule has 0 spiro atoms. The lowest BCUT2D eigenvalue weighted by molar-refractivity contribution is 1.07. The van der Waals surface area contributed by atoms with Crippen LogP contribution in [0.15, 0.2) is 146 Å². The summed E-state index contributed by atoms with van der Waals surface area (Å²) in [5.41, 5.74) is 8.71. The van der Waals surface area contributed by atoms with Crippen LogP contribution in [0.25, 0.3) is 66.9 Å². The molecule has 41 heavy (non-hydrogen) atoms. The summed E-state index contributed by atoms with van der Waals surface area (Å²) in [5, 5.41) is 2.57. The van der Waals surface area contributed by atoms with Crippen LogP contribution in [0.4, 0.5) is 0 Å². The molecule has 7 aromatic rings. The van der Waals surface area contributed by atoms with E-state index in [9.17, 15) is 0 Å². The van der Waals surface area contributed by atoms with Gasteiger partial charge in [0.05, 0.1) is 0 Å². The maximum Gasteiger partial charge on any atom is 0.226 e. The average molecular weight is 546 g/mol. The van der Waals surface area contributed by atoms with Crippen molar-refractivity contribution < 1.29 is 0 Å². The van der Waals surface area contributed by atoms with Crippen LogP contribution in [0, 0.1) is 0 Å². The Labute approximate surface area is 243 Å². The molecule has 0 bridgehead atoms. The minimum atomic E-state index is 0.169. The molecule has 194 valence electrons. The molecule has 3 nitrogen and oxygen atoms in total. The molecule has 0 radical (unpaired) electrons. The van der Waals surface area contributed by atoms with Gasteiger partial charge in [-0.3, -0.25) is 0 Å². The molecule has 0 N–H and O–H groups in total. The molecule has 0 saturated heterocycles. The van der Waals surface area contributed by atoms with Gasteiger partial charge in [-0.1, -0.05) is 127 Å². The summed E-state index contributed by atoms with van der Waals surface area (Å²) in [6, 6.07) is 50.3. The van der Waals surface area contributed by atoms with Crippen LogP contribution in [-0.2, 0) is 0 Å². The Balaban J connectivity index is 1.20. The van der Waals surface area contributed by atoms with Crippen LogP contribution in [0.2, 0.25) is 5.28 Å². The Hall–Kier alpha value is -5.12. The summed E-state index contributed by atoms with van der Waals surface area (Å²) >= 11 is 6.39. The topological polar surface area (TPSA) is 38.7 Å². The fourth-order valence-electron chi connectivity index (χ4n) is 5.12. The van der Waals surface area contributed by atoms with Gasteiger partial charge in [-0.25, -0.2) is 4.98 Å². The van der Waals surface area contributed by atoms with Gasteiger partial charge >= 0.3 is 0 Å². The van der Waals surface area contributed by atoms with Crippen LogP contribution >= 0.6 is 11.6 Å². The van der Waals surface area contributed by atoms with Gasteiger partial charge in [0.2, 0.25) is 5.28 Å². The molecule has 0 atom stereocenters. The largest absolute Gasteiger partial charge is 0.226 e. The molecular weight excluding hydrogens is 522 g/mol. The zero-order valence-electron chi connectivity index (χ0n) is 22.1. The number of fused-ring (bicyclic) bond motifs is 1. The molecule has 1 aromatic heterocycles. The third-order valence-corrected chi connectivity index (χ3v) is 7.43. The van der Waals surface area contributed by atoms with Crippen LogP contribution in [0.5, 0.6) is 0 Å². The van der Waals surface area contributed by atoms with E-state index in [1.807, 2.05) is 48.5 Å². The van der Waals surface area contributed by atoms with Gasteiger partial charge in [0.25, 0.3) is 0 Å². The van der Waals surface area contributed by atoms with E-state index in [1.54, 1.807) is 0 Å². The highest BCUT2D eigenvalue weighted by molar-refractivity contribution is 6.28. The molecule has 4 heteroatoms. The average Bonchev–Trinajstić information content (AvgIpc) is 3.05. The van der Waals surface area contributed by atoms with Crippen molar-refractivity contribution in [3.63, 3.8) is 0 Å². The van der Waals surface area contributed by atoms with E-state index in [4.69, 9.17) is 16.6 Å². The molecule has 0 amide bonds. The summed E-state index contributed by atoms with van der Waals surface area (Å²) in [7, 11) is 0. The Bertz CT molecular complexity index is 1990. The third-order valence-electron chi connectivity index (χ3n) is 7.26. The zero-order valence-corrected chi connectivity index (χ0v) is 22.8. The minimum Gasteiger partial charge on any atom is -0.208 e. The number of benzene rings is 6. The lowest BCUT2D eigenvalue weighted by atomic mass is 9.97. The standard InChI is InChI=1S/C37H24ClN3/c38-37-40-35(28-16-14-27(15-17-28)25-8-3-1-4-9-25)39-36(41-37)34-13-7-12-29(24-34)31-20-21-32-22-30(18-19-33(32)23-31)26-10-5-2-6-11-26/h1-24H. The van der Waals surface area contributed by atoms with Gasteiger partial charge in [-0.2, -0.15) is 9.97 Å². The minimum absolute atomic E-state index is 0.169. The smallest absolute Gasteiger partial charge is 0.208 e. The van der Waals surface area contributed by atoms with E-state index in [0.29, 0.717) is 11.6 Å². The Morgan fingerprint density at radius 1 is 0.317 bits per heavy atom. The van der Waals surface area contributed by atoms with E-state index in [1.165, 1.54) is 21.9 Å². The molecule has 0 saturated carbocycles. The summed E-state index contributed by atoms with van der Waals surface area (Å²) in [6.07, 6.45) is 0. The van der Waals surface area contributed by atoms with Crippen molar-refractivity contribution in [2.24, 2.45) is 0 Å². The summed E-state index contributed by atoms with van der Waals surface area (Å²) in [4.78, 5) is 13.7. The SMILES string of the molecule is Clc1nc(-c2ccc(-c3ccccc3)cc2)nc(-c2cccc(-c3ccc4cc(-c5ccccc5)ccc4c3)c2)n1. The van der Waals surface area contributed by atoms with E-state index in [2.05, 4.69) is 107 Å². The predicted octanol–water partition coefficient (Wildman–Crippen LogP) is 10.0. The molecule has 0 aliphatic heterocycles. The van der Waals surface area contributed by atoms with Crippen molar-refractivity contribution >= 4 is 22.4 Å². The highest BCUT2D eigenvalue weighted by atomic mass is 35.5. The normalized spacial score (nSPS) is 11.0. The first-order chi connectivity index (χ1) is 20.2. The van der Waals surface area contributed by atoms with Crippen molar-refractivity contribution in [2.45, 2.75) is 0 Å². The second-order valence-corrected chi connectivity index (χ2v) is 10.3. The van der Waals surface area contributed by atoms with Gasteiger partial charge in [0.1, 0.15) is 0 Å². The van der Waals surface area contributed by atoms with E-state index in [0.717, 1.165) is 33.4 Å². The van der Waals surface area contributed by atoms with E-state index in [-0.39, 0.29) is 5.28 Å². The molecular formula is C37H24ClN3. The first-order valence-electron chi connectivity index (χ1n) is 13.5. The summed E-state index contributed by atoms with van der Waals surface area (Å²) in [6.45, 7) is 0. The third kappa shape index (κ3) is 5.23. The van der Waals surface area contributed by atoms with Crippen molar-refractivity contribution in [3.8, 4) is 56.2 Å². The highest BCUT2D eigenvalue weighted by Gasteiger charge is 2.11. The predicted molar refractivity (Wildman–Crippen MR) is 170 cm³/mol. The van der Waals surface area contributed by atoms with Crippen molar-refractivity contribution in [1.29, 1.82) is 0 Å². The van der Waals surface area contributed by atoms with Crippen molar-refractivity contribution in [3.05, 3.63) is 151 Å². The molecule has 0 aliphatic rings. The molecule has 7 rings (SSSR count). The first-order valence-corrected chi connectivity index (χ1v) is 13.8. The van der Waals surface area contributed by atoms with Crippen LogP contribution in [0.1, 0.15) is 0 Å². The fourth-order valence-corrected chi connectivity index (χ4v) is 5.28. The maximum absolute atomic E-state index is 6.39. The lowest BCUT2D eigenvalue weighted by Gasteiger charge is -2.09. The van der Waals surface area contributed by atoms with Gasteiger partial charge in [-0.15, -0.1) is 0 Å². The first kappa shape index (κ1) is 24.9. The Kier molecular flexibility index (Phi) is 6.56. The monoisotopic (exact) mass is 545 g/mol. The molecule has 6 aromatic carbocycles. The number of rotatable bonds is 5. The van der Waals surface area contributed by atoms with Crippen LogP contribution in [-0.4, -0.2) is 15.0 Å². The van der Waals surface area contributed by atoms with Crippen molar-refractivity contribution in [2.75, 3.05) is 0 Å². The maximum atomic E-state index is 6.39. The lowest BCUT2D eigenvalue weighted by Crippen LogP contribution is -1.97. The van der Waals surface area contributed by atoms with E-state index < -0.39 is 0 Å². The number of aromatic nitrogens is 3. The van der Waals surface area contributed by atoms with Crippen LogP contribution in [0.3, 0.4) is 0 Å². The highest BCUT2D eigenvalue weighted by Crippen LogP contribution is 2.31. The number of nitrogens with zero attached hydrogens (tertiary/aromatic N) is 3. The second kappa shape index (κ2) is 10.8. The summed E-state index contributed by atoms with van der Waals surface area (Å²) in [5.74, 6) is 1.09. The van der Waals surface area contributed by atoms with Crippen LogP contribution < -0.4 is 0 Å². The van der Waals surface area contributed by atoms with Gasteiger partial charge < -0.3 is 0 Å². The molecule has 0 aliphatic carbocycles. The van der Waals surface area contributed by atoms with Crippen molar-refractivity contribution in [1.82, 2.24) is 15.0 Å². The van der Waals surface area contributed by atoms with Gasteiger partial charge in [0.15, 0.2) is 11.6 Å². The Morgan fingerprint density at radius 3 is 1.37 bits per heavy atom. The fraction of sp³-hybridized carbons (Fsp3) is 0. The zero-order chi connectivity index (χ0) is 27.6. The molecule has 1 heterocycles. The molecule has 0 fully saturated rings. The van der Waals surface area contributed by atoms with Gasteiger partial charge in [-0.05, 0) is 74.0 Å². The van der Waals surface area contributed by atoms with E-state index >= 15 is 0 Å². The number of hydrogen-bond acceptors (Lipinski definition) is 3.